The molecule has 4 aliphatic rings. The molecule has 8 nitrogen and oxygen atoms in total. The summed E-state index contributed by atoms with van der Waals surface area (Å²) in [6.45, 7) is 20.9. The Labute approximate surface area is 196 Å². The van der Waals surface area contributed by atoms with Crippen molar-refractivity contribution in [1.29, 1.82) is 0 Å². The lowest BCUT2D eigenvalue weighted by atomic mass is 9.82. The largest absolute Gasteiger partial charge is 0.408 e. The van der Waals surface area contributed by atoms with Gasteiger partial charge in [0.15, 0.2) is 8.32 Å². The van der Waals surface area contributed by atoms with Gasteiger partial charge in [-0.05, 0) is 24.2 Å². The van der Waals surface area contributed by atoms with E-state index in [9.17, 15) is 0 Å². The first-order valence-electron chi connectivity index (χ1n) is 11.7. The summed E-state index contributed by atoms with van der Waals surface area (Å²) in [5.41, 5.74) is 0.794. The van der Waals surface area contributed by atoms with E-state index in [1.807, 2.05) is 21.0 Å². The Balaban J connectivity index is 1.82. The molecule has 0 radical (unpaired) electrons. The maximum absolute atomic E-state index is 6.86. The number of ether oxygens (including phenoxy) is 5. The van der Waals surface area contributed by atoms with E-state index in [0.717, 1.165) is 11.8 Å². The molecule has 3 heterocycles. The summed E-state index contributed by atoms with van der Waals surface area (Å²) in [6.07, 6.45) is -1.69. The van der Waals surface area contributed by atoms with Gasteiger partial charge in [0.1, 0.15) is 43.0 Å². The van der Waals surface area contributed by atoms with Crippen LogP contribution in [-0.4, -0.2) is 91.1 Å². The van der Waals surface area contributed by atoms with Crippen LogP contribution in [0, 0.1) is 0 Å². The predicted octanol–water partition coefficient (Wildman–Crippen LogP) is 3.86. The van der Waals surface area contributed by atoms with Crippen LogP contribution in [0.15, 0.2) is 5.10 Å². The van der Waals surface area contributed by atoms with Gasteiger partial charge in [0.05, 0.1) is 0 Å². The summed E-state index contributed by atoms with van der Waals surface area (Å²) in [5.74, 6) is -1.11. The Morgan fingerprint density at radius 2 is 1.59 bits per heavy atom. The van der Waals surface area contributed by atoms with E-state index in [2.05, 4.69) is 53.5 Å². The second-order valence-corrected chi connectivity index (χ2v) is 22.6. The van der Waals surface area contributed by atoms with Crippen molar-refractivity contribution >= 4 is 22.1 Å². The SMILES string of the molecule is CN(C)/N=C1/[C@@H]2OC3(C)OC(C2O[Si](C)(C)C(C)(C)C)[C@H](OCOCC[Si](C)(C)C)[C@H]1O3. The number of rotatable bonds is 9. The first-order chi connectivity index (χ1) is 14.5. The molecule has 1 saturated carbocycles. The molecule has 0 aromatic rings. The summed E-state index contributed by atoms with van der Waals surface area (Å²) >= 11 is 0. The Bertz CT molecular complexity index is 706. The highest BCUT2D eigenvalue weighted by atomic mass is 28.4. The zero-order valence-corrected chi connectivity index (χ0v) is 23.9. The molecule has 4 fully saturated rings. The molecule has 6 atom stereocenters. The first-order valence-corrected chi connectivity index (χ1v) is 18.3. The third-order valence-corrected chi connectivity index (χ3v) is 12.9. The van der Waals surface area contributed by atoms with Gasteiger partial charge >= 0.3 is 0 Å². The standard InChI is InChI=1S/C22H44N2O6Si2/c1-21(2,3)32(10,11)30-20-17-15(23-24(5)6)16-18(19(20)29-22(4,27-16)28-17)26-14-25-12-13-31(7,8)9/h16-20H,12-14H2,1-11H3/b23-15+/t16-,17-,18+,19?,20?,22?/m0/s1. The van der Waals surface area contributed by atoms with Crippen LogP contribution in [0.25, 0.3) is 0 Å². The highest BCUT2D eigenvalue weighted by Crippen LogP contribution is 2.48. The lowest BCUT2D eigenvalue weighted by Gasteiger charge is -2.61. The van der Waals surface area contributed by atoms with E-state index in [-0.39, 0.29) is 42.4 Å². The highest BCUT2D eigenvalue weighted by Gasteiger charge is 2.66. The number of hydrazone groups is 1. The zero-order chi connectivity index (χ0) is 24.1. The Morgan fingerprint density at radius 3 is 2.12 bits per heavy atom. The quantitative estimate of drug-likeness (QED) is 0.211. The number of hydrogen-bond donors (Lipinski definition) is 0. The third kappa shape index (κ3) is 5.65. The van der Waals surface area contributed by atoms with Crippen molar-refractivity contribution in [3.63, 3.8) is 0 Å². The van der Waals surface area contributed by atoms with Crippen LogP contribution in [0.3, 0.4) is 0 Å². The van der Waals surface area contributed by atoms with Gasteiger partial charge in [-0.25, -0.2) is 0 Å². The first kappa shape index (κ1) is 26.3. The minimum Gasteiger partial charge on any atom is -0.408 e. The van der Waals surface area contributed by atoms with Gasteiger partial charge in [-0.15, -0.1) is 0 Å². The molecular weight excluding hydrogens is 444 g/mol. The van der Waals surface area contributed by atoms with Crippen molar-refractivity contribution in [1.82, 2.24) is 5.01 Å². The van der Waals surface area contributed by atoms with Crippen LogP contribution >= 0.6 is 0 Å². The monoisotopic (exact) mass is 488 g/mol. The highest BCUT2D eigenvalue weighted by molar-refractivity contribution is 6.76. The fourth-order valence-corrected chi connectivity index (χ4v) is 6.00. The molecule has 4 bridgehead atoms. The fraction of sp³-hybridized carbons (Fsp3) is 0.955. The number of nitrogens with zero attached hydrogens (tertiary/aromatic N) is 2. The smallest absolute Gasteiger partial charge is 0.281 e. The lowest BCUT2D eigenvalue weighted by Crippen LogP contribution is -2.78. The molecule has 0 N–H and O–H groups in total. The molecule has 4 rings (SSSR count). The fourth-order valence-electron chi connectivity index (χ4n) is 3.95. The minimum atomic E-state index is -2.11. The van der Waals surface area contributed by atoms with Crippen molar-refractivity contribution in [3.05, 3.63) is 0 Å². The molecule has 10 heteroatoms. The summed E-state index contributed by atoms with van der Waals surface area (Å²) in [7, 11) is 0.536. The van der Waals surface area contributed by atoms with E-state index >= 15 is 0 Å². The topological polar surface area (TPSA) is 71.0 Å². The van der Waals surface area contributed by atoms with E-state index in [1.165, 1.54) is 0 Å². The van der Waals surface area contributed by atoms with Gasteiger partial charge in [-0.3, -0.25) is 0 Å². The summed E-state index contributed by atoms with van der Waals surface area (Å²) < 4.78 is 37.6. The van der Waals surface area contributed by atoms with Crippen molar-refractivity contribution in [3.8, 4) is 0 Å². The predicted molar refractivity (Wildman–Crippen MR) is 130 cm³/mol. The molecule has 3 saturated heterocycles. The van der Waals surface area contributed by atoms with E-state index in [0.29, 0.717) is 6.61 Å². The van der Waals surface area contributed by atoms with Gasteiger partial charge in [0.2, 0.25) is 0 Å². The van der Waals surface area contributed by atoms with Gasteiger partial charge in [0.25, 0.3) is 5.97 Å². The molecule has 0 aromatic heterocycles. The maximum Gasteiger partial charge on any atom is 0.281 e. The molecule has 0 spiro atoms. The summed E-state index contributed by atoms with van der Waals surface area (Å²) in [5, 5.41) is 6.57. The molecule has 0 aromatic carbocycles. The summed E-state index contributed by atoms with van der Waals surface area (Å²) in [4.78, 5) is 0. The van der Waals surface area contributed by atoms with Gasteiger partial charge in [-0.2, -0.15) is 5.10 Å². The van der Waals surface area contributed by atoms with E-state index in [4.69, 9.17) is 33.2 Å². The average Bonchev–Trinajstić information content (AvgIpc) is 2.59. The summed E-state index contributed by atoms with van der Waals surface area (Å²) in [6, 6.07) is 1.10. The van der Waals surface area contributed by atoms with Crippen LogP contribution in [-0.2, 0) is 28.1 Å². The average molecular weight is 489 g/mol. The lowest BCUT2D eigenvalue weighted by molar-refractivity contribution is -0.491. The van der Waals surface area contributed by atoms with Crippen LogP contribution in [0.2, 0.25) is 43.8 Å². The van der Waals surface area contributed by atoms with Gasteiger partial charge in [0, 0.05) is 35.7 Å². The van der Waals surface area contributed by atoms with Crippen molar-refractivity contribution in [2.45, 2.75) is 108 Å². The van der Waals surface area contributed by atoms with Crippen molar-refractivity contribution in [2.75, 3.05) is 27.5 Å². The van der Waals surface area contributed by atoms with Crippen molar-refractivity contribution < 1.29 is 28.1 Å². The second-order valence-electron chi connectivity index (χ2n) is 12.2. The van der Waals surface area contributed by atoms with Crippen LogP contribution in [0.4, 0.5) is 0 Å². The van der Waals surface area contributed by atoms with Crippen molar-refractivity contribution in [2.24, 2.45) is 5.10 Å². The minimum absolute atomic E-state index is 0.0528. The molecule has 0 amide bonds. The normalized spacial score (nSPS) is 36.2. The van der Waals surface area contributed by atoms with E-state index < -0.39 is 22.4 Å². The molecule has 186 valence electrons. The molecule has 1 aliphatic carbocycles. The van der Waals surface area contributed by atoms with Crippen LogP contribution in [0.5, 0.6) is 0 Å². The Morgan fingerprint density at radius 1 is 1.00 bits per heavy atom. The second kappa shape index (κ2) is 9.03. The van der Waals surface area contributed by atoms with Gasteiger partial charge < -0.3 is 33.1 Å². The Kier molecular flexibility index (Phi) is 7.41. The van der Waals surface area contributed by atoms with Crippen LogP contribution in [0.1, 0.15) is 27.7 Å². The maximum atomic E-state index is 6.86. The molecule has 3 aliphatic heterocycles. The number of hydrogen-bond acceptors (Lipinski definition) is 8. The van der Waals surface area contributed by atoms with Gasteiger partial charge in [-0.1, -0.05) is 40.4 Å². The third-order valence-electron chi connectivity index (χ3n) is 6.75. The Hall–Kier alpha value is -0.336. The molecule has 32 heavy (non-hydrogen) atoms. The zero-order valence-electron chi connectivity index (χ0n) is 21.9. The molecular formula is C22H44N2O6Si2. The van der Waals surface area contributed by atoms with Crippen LogP contribution < -0.4 is 0 Å². The molecule has 3 unspecified atom stereocenters. The van der Waals surface area contributed by atoms with E-state index in [1.54, 1.807) is 5.01 Å².